The molecule has 184 valence electrons. The molecule has 0 amide bonds. The van der Waals surface area contributed by atoms with Crippen molar-refractivity contribution in [2.75, 3.05) is 27.3 Å². The Hall–Kier alpha value is -3.72. The van der Waals surface area contributed by atoms with Crippen LogP contribution in [0.15, 0.2) is 53.3 Å². The van der Waals surface area contributed by atoms with E-state index in [-0.39, 0.29) is 35.1 Å². The second kappa shape index (κ2) is 10.7. The van der Waals surface area contributed by atoms with Crippen LogP contribution in [-0.2, 0) is 30.9 Å². The molecule has 0 saturated carbocycles. The molecule has 0 aliphatic carbocycles. The van der Waals surface area contributed by atoms with Crippen LogP contribution >= 0.6 is 0 Å². The lowest BCUT2D eigenvalue weighted by atomic mass is 10.1. The fourth-order valence-electron chi connectivity index (χ4n) is 4.17. The predicted octanol–water partition coefficient (Wildman–Crippen LogP) is 3.56. The molecule has 0 bridgehead atoms. The van der Waals surface area contributed by atoms with Gasteiger partial charge in [-0.25, -0.2) is 13.6 Å². The summed E-state index contributed by atoms with van der Waals surface area (Å²) in [5.41, 5.74) is 1.55. The third-order valence-electron chi connectivity index (χ3n) is 6.03. The minimum Gasteiger partial charge on any atom is -0.497 e. The summed E-state index contributed by atoms with van der Waals surface area (Å²) >= 11 is 0. The highest BCUT2D eigenvalue weighted by atomic mass is 19.1. The van der Waals surface area contributed by atoms with Crippen molar-refractivity contribution in [1.82, 2.24) is 9.47 Å². The molecule has 35 heavy (non-hydrogen) atoms. The maximum absolute atomic E-state index is 14.4. The molecule has 7 nitrogen and oxygen atoms in total. The van der Waals surface area contributed by atoms with E-state index in [1.54, 1.807) is 28.8 Å². The van der Waals surface area contributed by atoms with E-state index in [1.165, 1.54) is 38.5 Å². The molecule has 0 spiro atoms. The van der Waals surface area contributed by atoms with Crippen molar-refractivity contribution in [3.05, 3.63) is 92.9 Å². The van der Waals surface area contributed by atoms with E-state index in [1.807, 2.05) is 4.90 Å². The molecule has 1 aromatic heterocycles. The summed E-state index contributed by atoms with van der Waals surface area (Å²) in [7, 11) is 2.79. The zero-order chi connectivity index (χ0) is 24.9. The Bertz CT molecular complexity index is 1270. The van der Waals surface area contributed by atoms with Crippen molar-refractivity contribution >= 4 is 5.97 Å². The van der Waals surface area contributed by atoms with Crippen LogP contribution in [0, 0.1) is 11.6 Å². The fraction of sp³-hybridized carbons (Fsp3) is 0.308. The monoisotopic (exact) mass is 484 g/mol. The van der Waals surface area contributed by atoms with Crippen LogP contribution in [-0.4, -0.2) is 42.7 Å². The molecular formula is C26H26F2N2O5. The van der Waals surface area contributed by atoms with Crippen molar-refractivity contribution in [3.63, 3.8) is 0 Å². The summed E-state index contributed by atoms with van der Waals surface area (Å²) in [6, 6.07) is 11.6. The number of rotatable bonds is 7. The number of fused-ring (bicyclic) bond motifs is 1. The van der Waals surface area contributed by atoms with Crippen LogP contribution in [0.25, 0.3) is 0 Å². The van der Waals surface area contributed by atoms with Crippen molar-refractivity contribution in [2.24, 2.45) is 0 Å². The number of carbonyl (C=O) groups is 1. The number of carbonyl (C=O) groups excluding carboxylic acids is 1. The van der Waals surface area contributed by atoms with Gasteiger partial charge in [-0.05, 0) is 35.9 Å². The second-order valence-corrected chi connectivity index (χ2v) is 8.21. The van der Waals surface area contributed by atoms with Gasteiger partial charge in [-0.3, -0.25) is 9.69 Å². The predicted molar refractivity (Wildman–Crippen MR) is 125 cm³/mol. The minimum absolute atomic E-state index is 0.0500. The second-order valence-electron chi connectivity index (χ2n) is 8.21. The van der Waals surface area contributed by atoms with Gasteiger partial charge in [0.25, 0.3) is 5.56 Å². The first kappa shape index (κ1) is 24.4. The Balaban J connectivity index is 1.60. The van der Waals surface area contributed by atoms with Gasteiger partial charge in [0.1, 0.15) is 35.3 Å². The molecule has 1 aliphatic heterocycles. The number of aromatic nitrogens is 1. The summed E-state index contributed by atoms with van der Waals surface area (Å²) in [4.78, 5) is 27.7. The summed E-state index contributed by atoms with van der Waals surface area (Å²) < 4.78 is 45.1. The van der Waals surface area contributed by atoms with E-state index in [0.717, 1.165) is 0 Å². The van der Waals surface area contributed by atoms with Crippen LogP contribution in [0.4, 0.5) is 8.78 Å². The summed E-state index contributed by atoms with van der Waals surface area (Å²) in [6.45, 7) is 1.67. The van der Waals surface area contributed by atoms with Gasteiger partial charge in [0.15, 0.2) is 0 Å². The number of halogens is 2. The highest BCUT2D eigenvalue weighted by Gasteiger charge is 2.26. The molecular weight excluding hydrogens is 458 g/mol. The number of esters is 1. The molecule has 0 unspecified atom stereocenters. The van der Waals surface area contributed by atoms with E-state index in [0.29, 0.717) is 55.2 Å². The zero-order valence-electron chi connectivity index (χ0n) is 19.6. The van der Waals surface area contributed by atoms with Gasteiger partial charge in [-0.1, -0.05) is 12.1 Å². The molecule has 0 atom stereocenters. The first-order chi connectivity index (χ1) is 16.9. The summed E-state index contributed by atoms with van der Waals surface area (Å²) in [6.07, 6.45) is 0.360. The lowest BCUT2D eigenvalue weighted by Crippen LogP contribution is -2.29. The van der Waals surface area contributed by atoms with Crippen molar-refractivity contribution < 1.29 is 27.8 Å². The molecule has 0 fully saturated rings. The average molecular weight is 484 g/mol. The smallest absolute Gasteiger partial charge is 0.343 e. The molecule has 0 saturated heterocycles. The molecule has 3 aromatic rings. The van der Waals surface area contributed by atoms with Gasteiger partial charge in [0.2, 0.25) is 0 Å². The number of hydrogen-bond acceptors (Lipinski definition) is 6. The Labute approximate surface area is 201 Å². The standard InChI is InChI=1S/C26H26F2N2O5/c1-33-20-7-8-21(28)18(13-20)15-29-10-9-22-25(26(32)34-2)23(14-24(31)30(22)12-11-29)35-16-17-3-5-19(27)6-4-17/h3-8,13-14H,9-12,15-16H2,1-2H3. The highest BCUT2D eigenvalue weighted by Crippen LogP contribution is 2.26. The molecule has 0 radical (unpaired) electrons. The molecule has 0 N–H and O–H groups in total. The molecule has 2 aromatic carbocycles. The number of methoxy groups -OCH3 is 2. The molecule has 9 heteroatoms. The quantitative estimate of drug-likeness (QED) is 0.478. The maximum Gasteiger partial charge on any atom is 0.343 e. The minimum atomic E-state index is -0.616. The van der Waals surface area contributed by atoms with Crippen LogP contribution in [0.3, 0.4) is 0 Å². The van der Waals surface area contributed by atoms with E-state index >= 15 is 0 Å². The fourth-order valence-corrected chi connectivity index (χ4v) is 4.17. The summed E-state index contributed by atoms with van der Waals surface area (Å²) in [5, 5.41) is 0. The van der Waals surface area contributed by atoms with E-state index in [9.17, 15) is 18.4 Å². The first-order valence-corrected chi connectivity index (χ1v) is 11.2. The van der Waals surface area contributed by atoms with Gasteiger partial charge in [0, 0.05) is 49.9 Å². The van der Waals surface area contributed by atoms with E-state index in [4.69, 9.17) is 14.2 Å². The SMILES string of the molecule is COC(=O)c1c(OCc2ccc(F)cc2)cc(=O)n2c1CCN(Cc1cc(OC)ccc1F)CC2. The van der Waals surface area contributed by atoms with Crippen molar-refractivity contribution in [2.45, 2.75) is 26.1 Å². The van der Waals surface area contributed by atoms with Crippen molar-refractivity contribution in [3.8, 4) is 11.5 Å². The van der Waals surface area contributed by atoms with Crippen LogP contribution < -0.4 is 15.0 Å². The van der Waals surface area contributed by atoms with E-state index < -0.39 is 5.97 Å². The third kappa shape index (κ3) is 5.51. The Morgan fingerprint density at radius 3 is 2.49 bits per heavy atom. The number of benzene rings is 2. The van der Waals surface area contributed by atoms with Gasteiger partial charge < -0.3 is 18.8 Å². The Kier molecular flexibility index (Phi) is 7.45. The lowest BCUT2D eigenvalue weighted by Gasteiger charge is -2.20. The molecule has 4 rings (SSSR count). The Morgan fingerprint density at radius 2 is 1.77 bits per heavy atom. The van der Waals surface area contributed by atoms with Gasteiger partial charge in [-0.2, -0.15) is 0 Å². The lowest BCUT2D eigenvalue weighted by molar-refractivity contribution is 0.0592. The topological polar surface area (TPSA) is 70.0 Å². The third-order valence-corrected chi connectivity index (χ3v) is 6.03. The zero-order valence-corrected chi connectivity index (χ0v) is 19.6. The first-order valence-electron chi connectivity index (χ1n) is 11.2. The highest BCUT2D eigenvalue weighted by molar-refractivity contribution is 5.93. The maximum atomic E-state index is 14.4. The van der Waals surface area contributed by atoms with E-state index in [2.05, 4.69) is 0 Å². The molecule has 2 heterocycles. The van der Waals surface area contributed by atoms with Gasteiger partial charge in [0.05, 0.1) is 14.2 Å². The largest absolute Gasteiger partial charge is 0.497 e. The van der Waals surface area contributed by atoms with Crippen LogP contribution in [0.5, 0.6) is 11.5 Å². The number of pyridine rings is 1. The van der Waals surface area contributed by atoms with Gasteiger partial charge >= 0.3 is 5.97 Å². The van der Waals surface area contributed by atoms with Gasteiger partial charge in [-0.15, -0.1) is 0 Å². The van der Waals surface area contributed by atoms with Crippen molar-refractivity contribution in [1.29, 1.82) is 0 Å². The number of ether oxygens (including phenoxy) is 3. The Morgan fingerprint density at radius 1 is 1.00 bits per heavy atom. The number of hydrogen-bond donors (Lipinski definition) is 0. The normalized spacial score (nSPS) is 13.6. The van der Waals surface area contributed by atoms with Crippen LogP contribution in [0.1, 0.15) is 27.2 Å². The molecule has 1 aliphatic rings. The summed E-state index contributed by atoms with van der Waals surface area (Å²) in [5.74, 6) is -0.645. The van der Waals surface area contributed by atoms with Crippen LogP contribution in [0.2, 0.25) is 0 Å². The average Bonchev–Trinajstić information content (AvgIpc) is 3.07. The number of nitrogens with zero attached hydrogens (tertiary/aromatic N) is 2.